The maximum atomic E-state index is 9.68. The predicted molar refractivity (Wildman–Crippen MR) is 49.1 cm³/mol. The van der Waals surface area contributed by atoms with Crippen molar-refractivity contribution in [1.82, 2.24) is 0 Å². The molecular formula is C10H20O2. The van der Waals surface area contributed by atoms with E-state index in [0.29, 0.717) is 6.10 Å². The minimum atomic E-state index is -0.135. The number of ether oxygens (including phenoxy) is 1. The van der Waals surface area contributed by atoms with Gasteiger partial charge in [0.2, 0.25) is 0 Å². The van der Waals surface area contributed by atoms with E-state index in [4.69, 9.17) is 4.74 Å². The van der Waals surface area contributed by atoms with Crippen molar-refractivity contribution in [3.8, 4) is 0 Å². The summed E-state index contributed by atoms with van der Waals surface area (Å²) >= 11 is 0. The molecule has 1 rings (SSSR count). The van der Waals surface area contributed by atoms with E-state index < -0.39 is 0 Å². The highest BCUT2D eigenvalue weighted by Crippen LogP contribution is 2.48. The number of aliphatic hydroxyl groups is 1. The topological polar surface area (TPSA) is 29.5 Å². The smallest absolute Gasteiger partial charge is 0.0680 e. The Morgan fingerprint density at radius 3 is 2.25 bits per heavy atom. The van der Waals surface area contributed by atoms with E-state index >= 15 is 0 Å². The van der Waals surface area contributed by atoms with Crippen molar-refractivity contribution in [3.05, 3.63) is 0 Å². The van der Waals surface area contributed by atoms with Crippen LogP contribution in [0.4, 0.5) is 0 Å². The van der Waals surface area contributed by atoms with Crippen molar-refractivity contribution in [2.45, 2.75) is 52.2 Å². The van der Waals surface area contributed by atoms with Gasteiger partial charge < -0.3 is 9.84 Å². The first-order valence-electron chi connectivity index (χ1n) is 5.00. The summed E-state index contributed by atoms with van der Waals surface area (Å²) in [6.45, 7) is 7.05. The summed E-state index contributed by atoms with van der Waals surface area (Å²) in [6.07, 6.45) is 3.04. The predicted octanol–water partition coefficient (Wildman–Crippen LogP) is 1.96. The standard InChI is InChI=1S/C10H20O2/c1-4-10(5-2)8(11)7-9(10)12-6-3/h8-9,11H,4-7H2,1-3H3/t8-,9+/m0/s1. The number of hydrogen-bond donors (Lipinski definition) is 1. The fraction of sp³-hybridized carbons (Fsp3) is 1.00. The molecule has 0 aliphatic heterocycles. The van der Waals surface area contributed by atoms with E-state index in [2.05, 4.69) is 13.8 Å². The van der Waals surface area contributed by atoms with E-state index in [9.17, 15) is 5.11 Å². The van der Waals surface area contributed by atoms with Crippen LogP contribution in [0.25, 0.3) is 0 Å². The number of rotatable bonds is 4. The van der Waals surface area contributed by atoms with Crippen LogP contribution in [-0.2, 0) is 4.74 Å². The molecule has 1 aliphatic rings. The van der Waals surface area contributed by atoms with Gasteiger partial charge in [-0.1, -0.05) is 13.8 Å². The Hall–Kier alpha value is -0.0800. The average molecular weight is 172 g/mol. The molecule has 72 valence electrons. The third-order valence-electron chi connectivity index (χ3n) is 3.43. The third-order valence-corrected chi connectivity index (χ3v) is 3.43. The summed E-state index contributed by atoms with van der Waals surface area (Å²) in [4.78, 5) is 0. The van der Waals surface area contributed by atoms with Gasteiger partial charge in [-0.05, 0) is 19.8 Å². The molecule has 0 spiro atoms. The van der Waals surface area contributed by atoms with E-state index in [1.54, 1.807) is 0 Å². The van der Waals surface area contributed by atoms with Crippen molar-refractivity contribution in [2.24, 2.45) is 5.41 Å². The van der Waals surface area contributed by atoms with Gasteiger partial charge in [-0.3, -0.25) is 0 Å². The molecule has 0 radical (unpaired) electrons. The normalized spacial score (nSPS) is 33.0. The number of hydrogen-bond acceptors (Lipinski definition) is 2. The Bertz CT molecular complexity index is 139. The van der Waals surface area contributed by atoms with Crippen LogP contribution in [0, 0.1) is 5.41 Å². The van der Waals surface area contributed by atoms with Gasteiger partial charge in [-0.2, -0.15) is 0 Å². The molecule has 0 amide bonds. The van der Waals surface area contributed by atoms with Gasteiger partial charge >= 0.3 is 0 Å². The molecule has 0 aromatic carbocycles. The highest BCUT2D eigenvalue weighted by Gasteiger charge is 2.52. The van der Waals surface area contributed by atoms with Crippen LogP contribution >= 0.6 is 0 Å². The number of aliphatic hydroxyl groups excluding tert-OH is 1. The molecule has 0 heterocycles. The molecule has 0 aromatic rings. The Balaban J connectivity index is 2.56. The quantitative estimate of drug-likeness (QED) is 0.702. The molecule has 2 heteroatoms. The van der Waals surface area contributed by atoms with Gasteiger partial charge in [-0.25, -0.2) is 0 Å². The molecule has 2 atom stereocenters. The second kappa shape index (κ2) is 3.75. The lowest BCUT2D eigenvalue weighted by atomic mass is 9.60. The van der Waals surface area contributed by atoms with Gasteiger partial charge in [0.15, 0.2) is 0 Å². The van der Waals surface area contributed by atoms with Gasteiger partial charge in [0.1, 0.15) is 0 Å². The Morgan fingerprint density at radius 1 is 1.33 bits per heavy atom. The van der Waals surface area contributed by atoms with Crippen molar-refractivity contribution < 1.29 is 9.84 Å². The fourth-order valence-electron chi connectivity index (χ4n) is 2.34. The van der Waals surface area contributed by atoms with Crippen LogP contribution in [0.5, 0.6) is 0 Å². The maximum absolute atomic E-state index is 9.68. The van der Waals surface area contributed by atoms with Gasteiger partial charge in [0.05, 0.1) is 12.2 Å². The molecule has 1 saturated carbocycles. The summed E-state index contributed by atoms with van der Waals surface area (Å²) in [5.41, 5.74) is 0.0655. The molecule has 1 fully saturated rings. The Labute approximate surface area is 74.9 Å². The Kier molecular flexibility index (Phi) is 3.13. The summed E-state index contributed by atoms with van der Waals surface area (Å²) < 4.78 is 5.59. The zero-order valence-electron chi connectivity index (χ0n) is 8.34. The van der Waals surface area contributed by atoms with Crippen molar-refractivity contribution in [1.29, 1.82) is 0 Å². The van der Waals surface area contributed by atoms with Crippen LogP contribution < -0.4 is 0 Å². The molecule has 0 aromatic heterocycles. The lowest BCUT2D eigenvalue weighted by molar-refractivity contribution is -0.194. The highest BCUT2D eigenvalue weighted by molar-refractivity contribution is 5.02. The molecule has 0 unspecified atom stereocenters. The first-order chi connectivity index (χ1) is 5.71. The second-order valence-corrected chi connectivity index (χ2v) is 3.64. The maximum Gasteiger partial charge on any atom is 0.0680 e. The van der Waals surface area contributed by atoms with E-state index in [-0.39, 0.29) is 11.5 Å². The largest absolute Gasteiger partial charge is 0.392 e. The lowest BCUT2D eigenvalue weighted by Crippen LogP contribution is -2.57. The van der Waals surface area contributed by atoms with Crippen molar-refractivity contribution >= 4 is 0 Å². The minimum absolute atomic E-state index is 0.0655. The van der Waals surface area contributed by atoms with Crippen molar-refractivity contribution in [2.75, 3.05) is 6.61 Å². The molecule has 0 bridgehead atoms. The summed E-state index contributed by atoms with van der Waals surface area (Å²) in [6, 6.07) is 0. The molecule has 2 nitrogen and oxygen atoms in total. The van der Waals surface area contributed by atoms with E-state index in [1.807, 2.05) is 6.92 Å². The summed E-state index contributed by atoms with van der Waals surface area (Å²) in [7, 11) is 0. The monoisotopic (exact) mass is 172 g/mol. The molecule has 0 saturated heterocycles. The SMILES string of the molecule is CCO[C@@H]1C[C@H](O)C1(CC)CC. The van der Waals surface area contributed by atoms with Crippen LogP contribution in [-0.4, -0.2) is 23.9 Å². The van der Waals surface area contributed by atoms with Gasteiger partial charge in [0, 0.05) is 18.4 Å². The van der Waals surface area contributed by atoms with Gasteiger partial charge in [0.25, 0.3) is 0 Å². The molecule has 12 heavy (non-hydrogen) atoms. The zero-order chi connectivity index (χ0) is 9.19. The summed E-state index contributed by atoms with van der Waals surface area (Å²) in [5, 5.41) is 9.68. The van der Waals surface area contributed by atoms with Gasteiger partial charge in [-0.15, -0.1) is 0 Å². The van der Waals surface area contributed by atoms with Crippen molar-refractivity contribution in [3.63, 3.8) is 0 Å². The lowest BCUT2D eigenvalue weighted by Gasteiger charge is -2.52. The van der Waals surface area contributed by atoms with E-state index in [1.165, 1.54) is 0 Å². The second-order valence-electron chi connectivity index (χ2n) is 3.64. The fourth-order valence-corrected chi connectivity index (χ4v) is 2.34. The van der Waals surface area contributed by atoms with Crippen LogP contribution in [0.3, 0.4) is 0 Å². The van der Waals surface area contributed by atoms with Crippen LogP contribution in [0.2, 0.25) is 0 Å². The molecule has 1 N–H and O–H groups in total. The highest BCUT2D eigenvalue weighted by atomic mass is 16.5. The summed E-state index contributed by atoms with van der Waals surface area (Å²) in [5.74, 6) is 0. The first-order valence-corrected chi connectivity index (χ1v) is 5.00. The minimum Gasteiger partial charge on any atom is -0.392 e. The van der Waals surface area contributed by atoms with Crippen LogP contribution in [0.1, 0.15) is 40.0 Å². The van der Waals surface area contributed by atoms with Crippen LogP contribution in [0.15, 0.2) is 0 Å². The molecule has 1 aliphatic carbocycles. The Morgan fingerprint density at radius 2 is 1.92 bits per heavy atom. The van der Waals surface area contributed by atoms with E-state index in [0.717, 1.165) is 25.9 Å². The molecular weight excluding hydrogens is 152 g/mol. The zero-order valence-corrected chi connectivity index (χ0v) is 8.34. The third kappa shape index (κ3) is 1.27. The first kappa shape index (κ1) is 10.0. The average Bonchev–Trinajstić information content (AvgIpc) is 2.07.